The van der Waals surface area contributed by atoms with Crippen LogP contribution in [0.25, 0.3) is 0 Å². The zero-order valence-corrected chi connectivity index (χ0v) is 12.2. The lowest BCUT2D eigenvalue weighted by atomic mass is 9.97. The maximum absolute atomic E-state index is 12.3. The van der Waals surface area contributed by atoms with Gasteiger partial charge in [-0.25, -0.2) is 10.8 Å². The Morgan fingerprint density at radius 1 is 1.43 bits per heavy atom. The van der Waals surface area contributed by atoms with E-state index in [9.17, 15) is 14.9 Å². The average molecular weight is 294 g/mol. The minimum absolute atomic E-state index is 0.0655. The van der Waals surface area contributed by atoms with Crippen molar-refractivity contribution < 1.29 is 9.72 Å². The number of aromatic nitrogens is 1. The number of rotatable bonds is 3. The minimum Gasteiger partial charge on any atom is -0.342 e. The molecule has 0 spiro atoms. The third-order valence-corrected chi connectivity index (χ3v) is 3.64. The highest BCUT2D eigenvalue weighted by Gasteiger charge is 2.41. The molecule has 9 nitrogen and oxygen atoms in total. The van der Waals surface area contributed by atoms with Crippen LogP contribution in [0.15, 0.2) is 12.1 Å². The van der Waals surface area contributed by atoms with E-state index in [0.29, 0.717) is 18.9 Å². The lowest BCUT2D eigenvalue weighted by molar-refractivity contribution is -0.384. The van der Waals surface area contributed by atoms with Crippen LogP contribution in [0.1, 0.15) is 13.8 Å². The van der Waals surface area contributed by atoms with Gasteiger partial charge in [0.25, 0.3) is 5.69 Å². The number of likely N-dealkylation sites (N-methyl/N-ethyl adjacent to an activating group) is 1. The van der Waals surface area contributed by atoms with E-state index in [1.54, 1.807) is 30.7 Å². The van der Waals surface area contributed by atoms with Gasteiger partial charge in [0, 0.05) is 20.1 Å². The van der Waals surface area contributed by atoms with Crippen molar-refractivity contribution in [3.05, 3.63) is 22.2 Å². The van der Waals surface area contributed by atoms with Crippen LogP contribution >= 0.6 is 0 Å². The molecular formula is C12H18N6O3. The molecule has 1 aromatic heterocycles. The molecule has 2 rings (SSSR count). The highest BCUT2D eigenvalue weighted by molar-refractivity contribution is 5.90. The fourth-order valence-corrected chi connectivity index (χ4v) is 2.43. The molecule has 0 saturated carbocycles. The summed E-state index contributed by atoms with van der Waals surface area (Å²) in [7, 11) is 1.73. The molecule has 21 heavy (non-hydrogen) atoms. The number of nitrogen functional groups attached to an aromatic ring is 1. The molecule has 114 valence electrons. The Morgan fingerprint density at radius 2 is 2.10 bits per heavy atom. The third-order valence-electron chi connectivity index (χ3n) is 3.64. The van der Waals surface area contributed by atoms with E-state index in [1.807, 2.05) is 0 Å². The number of nitrogens with one attached hydrogen (secondary N) is 1. The van der Waals surface area contributed by atoms with E-state index in [4.69, 9.17) is 5.84 Å². The Hall–Kier alpha value is -2.42. The number of anilines is 2. The number of piperazine rings is 1. The molecule has 0 unspecified atom stereocenters. The fourth-order valence-electron chi connectivity index (χ4n) is 2.43. The van der Waals surface area contributed by atoms with Gasteiger partial charge in [-0.1, -0.05) is 0 Å². The molecule has 2 heterocycles. The summed E-state index contributed by atoms with van der Waals surface area (Å²) < 4.78 is 0. The van der Waals surface area contributed by atoms with Crippen LogP contribution in [0.3, 0.4) is 0 Å². The molecule has 1 fully saturated rings. The number of carbonyl (C=O) groups excluding carboxylic acids is 1. The van der Waals surface area contributed by atoms with Gasteiger partial charge in [0.1, 0.15) is 17.2 Å². The first kappa shape index (κ1) is 15.0. The molecule has 1 aliphatic rings. The van der Waals surface area contributed by atoms with Gasteiger partial charge in [-0.3, -0.25) is 14.9 Å². The molecule has 0 aromatic carbocycles. The van der Waals surface area contributed by atoms with E-state index in [0.717, 1.165) is 0 Å². The summed E-state index contributed by atoms with van der Waals surface area (Å²) in [5, 5.41) is 11.0. The number of amides is 1. The van der Waals surface area contributed by atoms with Gasteiger partial charge >= 0.3 is 0 Å². The van der Waals surface area contributed by atoms with Crippen molar-refractivity contribution in [2.75, 3.05) is 30.5 Å². The first-order valence-electron chi connectivity index (χ1n) is 6.43. The molecule has 0 bridgehead atoms. The summed E-state index contributed by atoms with van der Waals surface area (Å²) in [6, 6.07) is 2.59. The average Bonchev–Trinajstić information content (AvgIpc) is 2.44. The van der Waals surface area contributed by atoms with Gasteiger partial charge in [0.2, 0.25) is 5.91 Å². The second kappa shape index (κ2) is 5.17. The third kappa shape index (κ3) is 2.59. The number of hydrogen-bond acceptors (Lipinski definition) is 7. The Morgan fingerprint density at radius 3 is 2.67 bits per heavy atom. The number of hydrazine groups is 1. The van der Waals surface area contributed by atoms with Gasteiger partial charge in [0.05, 0.1) is 17.1 Å². The zero-order chi connectivity index (χ0) is 15.8. The summed E-state index contributed by atoms with van der Waals surface area (Å²) in [5.41, 5.74) is 1.35. The van der Waals surface area contributed by atoms with Crippen LogP contribution < -0.4 is 16.2 Å². The van der Waals surface area contributed by atoms with Gasteiger partial charge in [-0.15, -0.1) is 0 Å². The molecular weight excluding hydrogens is 276 g/mol. The molecule has 1 aliphatic heterocycles. The number of nitro groups is 1. The first-order valence-corrected chi connectivity index (χ1v) is 6.43. The summed E-state index contributed by atoms with van der Waals surface area (Å²) in [4.78, 5) is 30.4. The predicted molar refractivity (Wildman–Crippen MR) is 77.8 cm³/mol. The van der Waals surface area contributed by atoms with Crippen molar-refractivity contribution in [2.45, 2.75) is 19.4 Å². The number of nitrogens with two attached hydrogens (primary N) is 1. The van der Waals surface area contributed by atoms with Crippen LogP contribution in [-0.2, 0) is 4.79 Å². The van der Waals surface area contributed by atoms with Crippen LogP contribution in [0.2, 0.25) is 0 Å². The molecule has 1 saturated heterocycles. The number of carbonyl (C=O) groups is 1. The maximum atomic E-state index is 12.3. The largest absolute Gasteiger partial charge is 0.342 e. The lowest BCUT2D eigenvalue weighted by Crippen LogP contribution is -2.62. The van der Waals surface area contributed by atoms with Crippen molar-refractivity contribution in [1.29, 1.82) is 0 Å². The molecule has 3 N–H and O–H groups in total. The topological polar surface area (TPSA) is 118 Å². The monoisotopic (exact) mass is 294 g/mol. The SMILES string of the molecule is CN1CCN(c2cc([N+](=O)[O-])cc(NN)n2)C(C)(C)C1=O. The normalized spacial score (nSPS) is 17.8. The summed E-state index contributed by atoms with van der Waals surface area (Å²) in [5.74, 6) is 5.77. The number of nitrogens with zero attached hydrogens (tertiary/aromatic N) is 4. The molecule has 1 amide bonds. The van der Waals surface area contributed by atoms with E-state index in [1.165, 1.54) is 12.1 Å². The summed E-state index contributed by atoms with van der Waals surface area (Å²) in [6.07, 6.45) is 0. The Kier molecular flexibility index (Phi) is 3.69. The maximum Gasteiger partial charge on any atom is 0.276 e. The van der Waals surface area contributed by atoms with E-state index in [-0.39, 0.29) is 17.4 Å². The number of hydrogen-bond donors (Lipinski definition) is 2. The number of pyridine rings is 1. The van der Waals surface area contributed by atoms with Crippen LogP contribution in [0.5, 0.6) is 0 Å². The molecule has 9 heteroatoms. The standard InChI is InChI=1S/C12H18N6O3/c1-12(2)11(19)16(3)4-5-17(12)10-7-8(18(20)21)6-9(14-10)15-13/h6-7H,4-5,13H2,1-3H3,(H,14,15). The minimum atomic E-state index is -0.832. The van der Waals surface area contributed by atoms with Crippen molar-refractivity contribution in [3.63, 3.8) is 0 Å². The van der Waals surface area contributed by atoms with Gasteiger partial charge < -0.3 is 15.2 Å². The van der Waals surface area contributed by atoms with Crippen molar-refractivity contribution in [2.24, 2.45) is 5.84 Å². The van der Waals surface area contributed by atoms with Gasteiger partial charge in [-0.2, -0.15) is 0 Å². The Balaban J connectivity index is 2.48. The van der Waals surface area contributed by atoms with E-state index >= 15 is 0 Å². The van der Waals surface area contributed by atoms with Crippen LogP contribution in [0, 0.1) is 10.1 Å². The highest BCUT2D eigenvalue weighted by Crippen LogP contribution is 2.30. The van der Waals surface area contributed by atoms with Gasteiger partial charge in [0.15, 0.2) is 0 Å². The molecule has 0 radical (unpaired) electrons. The van der Waals surface area contributed by atoms with Crippen molar-refractivity contribution in [1.82, 2.24) is 9.88 Å². The second-order valence-electron chi connectivity index (χ2n) is 5.41. The fraction of sp³-hybridized carbons (Fsp3) is 0.500. The van der Waals surface area contributed by atoms with Gasteiger partial charge in [-0.05, 0) is 13.8 Å². The molecule has 0 aliphatic carbocycles. The van der Waals surface area contributed by atoms with Crippen LogP contribution in [0.4, 0.5) is 17.3 Å². The predicted octanol–water partition coefficient (Wildman–Crippen LogP) is 0.332. The summed E-state index contributed by atoms with van der Waals surface area (Å²) >= 11 is 0. The lowest BCUT2D eigenvalue weighted by Gasteiger charge is -2.45. The first-order chi connectivity index (χ1) is 9.77. The van der Waals surface area contributed by atoms with E-state index in [2.05, 4.69) is 10.4 Å². The van der Waals surface area contributed by atoms with Crippen molar-refractivity contribution in [3.8, 4) is 0 Å². The quantitative estimate of drug-likeness (QED) is 0.468. The molecule has 0 atom stereocenters. The van der Waals surface area contributed by atoms with E-state index < -0.39 is 10.5 Å². The Labute approximate surface area is 121 Å². The summed E-state index contributed by atoms with van der Waals surface area (Å²) in [6.45, 7) is 4.59. The highest BCUT2D eigenvalue weighted by atomic mass is 16.6. The van der Waals surface area contributed by atoms with Crippen molar-refractivity contribution >= 4 is 23.2 Å². The van der Waals surface area contributed by atoms with Crippen LogP contribution in [-0.4, -0.2) is 46.4 Å². The Bertz CT molecular complexity index is 588. The molecule has 1 aromatic rings. The second-order valence-corrected chi connectivity index (χ2v) is 5.41. The smallest absolute Gasteiger partial charge is 0.276 e. The zero-order valence-electron chi connectivity index (χ0n) is 12.2.